The number of carboxylic acid groups (broad SMARTS) is 1. The molecule has 0 aromatic rings. The summed E-state index contributed by atoms with van der Waals surface area (Å²) >= 11 is 0. The summed E-state index contributed by atoms with van der Waals surface area (Å²) in [4.78, 5) is 23.3. The molecule has 0 saturated carbocycles. The molecule has 0 aliphatic carbocycles. The van der Waals surface area contributed by atoms with E-state index in [0.29, 0.717) is 13.1 Å². The summed E-state index contributed by atoms with van der Waals surface area (Å²) in [5.74, 6) is -0.875. The molecule has 0 aromatic carbocycles. The fraction of sp³-hybridized carbons (Fsp3) is 0.800. The number of aliphatic carboxylic acids is 1. The largest absolute Gasteiger partial charge is 0.481 e. The summed E-state index contributed by atoms with van der Waals surface area (Å²) in [5.41, 5.74) is 0. The third-order valence-corrected chi connectivity index (χ3v) is 2.03. The first-order valence-electron chi connectivity index (χ1n) is 5.18. The predicted octanol–water partition coefficient (Wildman–Crippen LogP) is 1.15. The van der Waals surface area contributed by atoms with Crippen LogP contribution in [0.25, 0.3) is 0 Å². The summed E-state index contributed by atoms with van der Waals surface area (Å²) < 4.78 is 0. The number of carbonyl (C=O) groups excluding carboxylic acids is 1. The van der Waals surface area contributed by atoms with Crippen LogP contribution in [0.1, 0.15) is 26.7 Å². The molecular formula is C10H20N2O3. The number of nitrogens with zero attached hydrogens (tertiary/aromatic N) is 1. The summed E-state index contributed by atoms with van der Waals surface area (Å²) in [7, 11) is 1.72. The maximum absolute atomic E-state index is 11.4. The predicted molar refractivity (Wildman–Crippen MR) is 57.7 cm³/mol. The zero-order chi connectivity index (χ0) is 11.8. The van der Waals surface area contributed by atoms with Gasteiger partial charge in [0.1, 0.15) is 0 Å². The van der Waals surface area contributed by atoms with E-state index in [0.717, 1.165) is 6.42 Å². The van der Waals surface area contributed by atoms with Gasteiger partial charge in [0.25, 0.3) is 0 Å². The van der Waals surface area contributed by atoms with Gasteiger partial charge in [-0.15, -0.1) is 0 Å². The SMILES string of the molecule is CCCN(C)C(=O)NCC(C)CC(=O)O. The summed E-state index contributed by atoms with van der Waals surface area (Å²) in [6, 6.07) is -0.144. The van der Waals surface area contributed by atoms with Crippen molar-refractivity contribution in [2.24, 2.45) is 5.92 Å². The first kappa shape index (κ1) is 13.7. The van der Waals surface area contributed by atoms with Gasteiger partial charge in [-0.05, 0) is 12.3 Å². The molecule has 0 aliphatic heterocycles. The fourth-order valence-electron chi connectivity index (χ4n) is 1.20. The molecule has 1 unspecified atom stereocenters. The van der Waals surface area contributed by atoms with E-state index in [2.05, 4.69) is 5.32 Å². The Labute approximate surface area is 90.5 Å². The van der Waals surface area contributed by atoms with Crippen LogP contribution >= 0.6 is 0 Å². The van der Waals surface area contributed by atoms with Gasteiger partial charge < -0.3 is 15.3 Å². The highest BCUT2D eigenvalue weighted by atomic mass is 16.4. The second kappa shape index (κ2) is 7.09. The van der Waals surface area contributed by atoms with E-state index in [1.54, 1.807) is 18.9 Å². The lowest BCUT2D eigenvalue weighted by Gasteiger charge is -2.18. The highest BCUT2D eigenvalue weighted by Crippen LogP contribution is 1.99. The molecule has 0 bridgehead atoms. The zero-order valence-corrected chi connectivity index (χ0v) is 9.62. The average molecular weight is 216 g/mol. The van der Waals surface area contributed by atoms with E-state index in [9.17, 15) is 9.59 Å². The van der Waals surface area contributed by atoms with Crippen LogP contribution in [0, 0.1) is 5.92 Å². The van der Waals surface area contributed by atoms with Crippen LogP contribution in [0.5, 0.6) is 0 Å². The van der Waals surface area contributed by atoms with Crippen molar-refractivity contribution in [2.45, 2.75) is 26.7 Å². The normalized spacial score (nSPS) is 11.9. The lowest BCUT2D eigenvalue weighted by Crippen LogP contribution is -2.39. The van der Waals surface area contributed by atoms with Gasteiger partial charge in [-0.25, -0.2) is 4.79 Å². The first-order chi connectivity index (χ1) is 6.97. The molecule has 0 spiro atoms. The maximum Gasteiger partial charge on any atom is 0.317 e. The topological polar surface area (TPSA) is 69.6 Å². The highest BCUT2D eigenvalue weighted by molar-refractivity contribution is 5.74. The Morgan fingerprint density at radius 1 is 1.47 bits per heavy atom. The third kappa shape index (κ3) is 6.76. The smallest absolute Gasteiger partial charge is 0.317 e. The van der Waals surface area contributed by atoms with Crippen molar-refractivity contribution in [3.63, 3.8) is 0 Å². The third-order valence-electron chi connectivity index (χ3n) is 2.03. The quantitative estimate of drug-likeness (QED) is 0.699. The van der Waals surface area contributed by atoms with Crippen LogP contribution in [0.2, 0.25) is 0 Å². The molecule has 88 valence electrons. The van der Waals surface area contributed by atoms with Gasteiger partial charge in [0.05, 0.1) is 0 Å². The molecule has 0 heterocycles. The lowest BCUT2D eigenvalue weighted by molar-refractivity contribution is -0.137. The number of urea groups is 1. The molecule has 1 atom stereocenters. The number of nitrogens with one attached hydrogen (secondary N) is 1. The molecule has 0 saturated heterocycles. The van der Waals surface area contributed by atoms with Gasteiger partial charge >= 0.3 is 12.0 Å². The maximum atomic E-state index is 11.4. The number of rotatable bonds is 6. The van der Waals surface area contributed by atoms with Crippen molar-refractivity contribution in [3.8, 4) is 0 Å². The van der Waals surface area contributed by atoms with Gasteiger partial charge in [0, 0.05) is 26.6 Å². The molecule has 15 heavy (non-hydrogen) atoms. The molecule has 0 aliphatic rings. The Kier molecular flexibility index (Phi) is 6.49. The molecule has 2 amide bonds. The fourth-order valence-corrected chi connectivity index (χ4v) is 1.20. The standard InChI is InChI=1S/C10H20N2O3/c1-4-5-12(3)10(15)11-7-8(2)6-9(13)14/h8H,4-7H2,1-3H3,(H,11,15)(H,13,14). The van der Waals surface area contributed by atoms with Gasteiger partial charge in [-0.1, -0.05) is 13.8 Å². The minimum atomic E-state index is -0.835. The number of carbonyl (C=O) groups is 2. The summed E-state index contributed by atoms with van der Waals surface area (Å²) in [6.45, 7) is 4.91. The van der Waals surface area contributed by atoms with Crippen LogP contribution in [-0.4, -0.2) is 42.1 Å². The Balaban J connectivity index is 3.74. The molecule has 0 radical (unpaired) electrons. The Bertz CT molecular complexity index is 219. The molecule has 0 aromatic heterocycles. The molecule has 2 N–H and O–H groups in total. The van der Waals surface area contributed by atoms with E-state index < -0.39 is 5.97 Å². The van der Waals surface area contributed by atoms with E-state index in [-0.39, 0.29) is 18.4 Å². The highest BCUT2D eigenvalue weighted by Gasteiger charge is 2.11. The second-order valence-corrected chi connectivity index (χ2v) is 3.81. The first-order valence-corrected chi connectivity index (χ1v) is 5.18. The van der Waals surface area contributed by atoms with E-state index in [1.165, 1.54) is 0 Å². The monoisotopic (exact) mass is 216 g/mol. The summed E-state index contributed by atoms with van der Waals surface area (Å²) in [5, 5.41) is 11.2. The van der Waals surface area contributed by atoms with Crippen molar-refractivity contribution < 1.29 is 14.7 Å². The molecule has 0 fully saturated rings. The average Bonchev–Trinajstić information content (AvgIpc) is 2.13. The molecule has 5 nitrogen and oxygen atoms in total. The Morgan fingerprint density at radius 2 is 2.07 bits per heavy atom. The Morgan fingerprint density at radius 3 is 2.53 bits per heavy atom. The lowest BCUT2D eigenvalue weighted by atomic mass is 10.1. The van der Waals surface area contributed by atoms with Gasteiger partial charge in [0.2, 0.25) is 0 Å². The van der Waals surface area contributed by atoms with Gasteiger partial charge in [-0.2, -0.15) is 0 Å². The van der Waals surface area contributed by atoms with Crippen molar-refractivity contribution in [3.05, 3.63) is 0 Å². The van der Waals surface area contributed by atoms with Crippen LogP contribution in [0.4, 0.5) is 4.79 Å². The van der Waals surface area contributed by atoms with Crippen LogP contribution in [-0.2, 0) is 4.79 Å². The van der Waals surface area contributed by atoms with Crippen molar-refractivity contribution in [1.29, 1.82) is 0 Å². The van der Waals surface area contributed by atoms with Crippen LogP contribution in [0.15, 0.2) is 0 Å². The molecular weight excluding hydrogens is 196 g/mol. The molecule has 5 heteroatoms. The van der Waals surface area contributed by atoms with E-state index in [1.807, 2.05) is 6.92 Å². The van der Waals surface area contributed by atoms with Crippen molar-refractivity contribution in [2.75, 3.05) is 20.1 Å². The molecule has 0 rings (SSSR count). The Hall–Kier alpha value is -1.26. The number of hydrogen-bond acceptors (Lipinski definition) is 2. The number of carboxylic acids is 1. The minimum Gasteiger partial charge on any atom is -0.481 e. The van der Waals surface area contributed by atoms with E-state index >= 15 is 0 Å². The minimum absolute atomic E-state index is 0.0403. The number of hydrogen-bond donors (Lipinski definition) is 2. The van der Waals surface area contributed by atoms with Crippen LogP contribution < -0.4 is 5.32 Å². The summed E-state index contributed by atoms with van der Waals surface area (Å²) in [6.07, 6.45) is 0.992. The van der Waals surface area contributed by atoms with Gasteiger partial charge in [-0.3, -0.25) is 4.79 Å². The number of amides is 2. The van der Waals surface area contributed by atoms with Crippen molar-refractivity contribution >= 4 is 12.0 Å². The van der Waals surface area contributed by atoms with E-state index in [4.69, 9.17) is 5.11 Å². The zero-order valence-electron chi connectivity index (χ0n) is 9.62. The second-order valence-electron chi connectivity index (χ2n) is 3.81. The van der Waals surface area contributed by atoms with Crippen LogP contribution in [0.3, 0.4) is 0 Å². The van der Waals surface area contributed by atoms with Gasteiger partial charge in [0.15, 0.2) is 0 Å². The van der Waals surface area contributed by atoms with Crippen molar-refractivity contribution in [1.82, 2.24) is 10.2 Å².